The summed E-state index contributed by atoms with van der Waals surface area (Å²) in [6, 6.07) is 11.2. The van der Waals surface area contributed by atoms with Crippen LogP contribution >= 0.6 is 11.6 Å². The molecular formula is C35H43ClN2O6S. The third-order valence-electron chi connectivity index (χ3n) is 10.8. The van der Waals surface area contributed by atoms with Crippen LogP contribution in [0.3, 0.4) is 0 Å². The standard InChI is InChI=1S/C35H43ClN2O6S/c1-23-6-4-15-35(43-3,16-17-39)30-11-8-27(30)20-38-21-34(14-5-7-25-18-28(36)10-12-29(25)34)22-44-32-13-9-26(19-31(32)38)33(40)37-45(41,42)24(23)2/h4-5,7,9-10,12-13,15,18-19,23-24,27,30,39H,6,8,11,14,16-17,20-22H2,1-3H3,(H,37,40)/b15-4+/t23-,24+,27-,30+,34-,35+/m0/s1. The van der Waals surface area contributed by atoms with Gasteiger partial charge in [0.15, 0.2) is 0 Å². The first kappa shape index (κ1) is 32.1. The van der Waals surface area contributed by atoms with E-state index in [1.807, 2.05) is 31.2 Å². The molecule has 0 aromatic heterocycles. The molecule has 2 N–H and O–H groups in total. The molecule has 0 radical (unpaired) electrons. The maximum atomic E-state index is 13.4. The number of halogens is 1. The maximum Gasteiger partial charge on any atom is 0.264 e. The van der Waals surface area contributed by atoms with Crippen molar-refractivity contribution in [2.45, 2.75) is 62.2 Å². The fraction of sp³-hybridized carbons (Fsp3) is 0.514. The molecule has 1 fully saturated rings. The third kappa shape index (κ3) is 5.93. The van der Waals surface area contributed by atoms with Gasteiger partial charge in [0.1, 0.15) is 5.75 Å². The largest absolute Gasteiger partial charge is 0.490 e. The number of nitrogens with zero attached hydrogens (tertiary/aromatic N) is 1. The average Bonchev–Trinajstić information content (AvgIpc) is 3.15. The number of ether oxygens (including phenoxy) is 2. The van der Waals surface area contributed by atoms with Gasteiger partial charge in [-0.2, -0.15) is 0 Å². The van der Waals surface area contributed by atoms with E-state index < -0.39 is 26.8 Å². The summed E-state index contributed by atoms with van der Waals surface area (Å²) in [5.41, 5.74) is 2.23. The molecule has 1 saturated carbocycles. The SMILES string of the molecule is CO[C@@]1(CCO)/C=C/C[C@H](C)[C@@H](C)S(=O)(=O)NC(=O)c2ccc3c(c2)N(C[C@@H]2CC[C@H]21)C[C@@]1(CC=Cc2cc(Cl)ccc21)CO3. The number of aliphatic hydroxyl groups excluding tert-OH is 1. The van der Waals surface area contributed by atoms with Gasteiger partial charge in [0.2, 0.25) is 10.0 Å². The molecule has 4 aliphatic rings. The number of anilines is 1. The van der Waals surface area contributed by atoms with Gasteiger partial charge in [0, 0.05) is 43.8 Å². The highest BCUT2D eigenvalue weighted by molar-refractivity contribution is 7.90. The Bertz CT molecular complexity index is 1630. The van der Waals surface area contributed by atoms with Crippen LogP contribution in [-0.2, 0) is 20.2 Å². The number of rotatable bonds is 3. The van der Waals surface area contributed by atoms with Crippen molar-refractivity contribution in [1.29, 1.82) is 0 Å². The summed E-state index contributed by atoms with van der Waals surface area (Å²) in [4.78, 5) is 15.8. The van der Waals surface area contributed by atoms with Crippen LogP contribution in [0.4, 0.5) is 5.69 Å². The van der Waals surface area contributed by atoms with E-state index in [4.69, 9.17) is 21.1 Å². The van der Waals surface area contributed by atoms with E-state index in [1.165, 1.54) is 5.56 Å². The van der Waals surface area contributed by atoms with Crippen molar-refractivity contribution in [3.05, 3.63) is 76.3 Å². The van der Waals surface area contributed by atoms with Gasteiger partial charge in [0.05, 0.1) is 28.6 Å². The van der Waals surface area contributed by atoms with E-state index in [0.717, 1.165) is 30.5 Å². The normalized spacial score (nSPS) is 33.2. The summed E-state index contributed by atoms with van der Waals surface area (Å²) in [6.07, 6.45) is 12.0. The number of aliphatic hydroxyl groups is 1. The lowest BCUT2D eigenvalue weighted by Gasteiger charge is -2.50. The van der Waals surface area contributed by atoms with Gasteiger partial charge in [0.25, 0.3) is 5.91 Å². The number of carbonyl (C=O) groups is 1. The Morgan fingerprint density at radius 1 is 1.16 bits per heavy atom. The Morgan fingerprint density at radius 2 is 1.98 bits per heavy atom. The first-order valence-corrected chi connectivity index (χ1v) is 17.8. The molecule has 2 heterocycles. The quantitative estimate of drug-likeness (QED) is 0.407. The Labute approximate surface area is 271 Å². The van der Waals surface area contributed by atoms with Crippen molar-refractivity contribution >= 4 is 39.3 Å². The van der Waals surface area contributed by atoms with Crippen LogP contribution in [0.5, 0.6) is 5.75 Å². The second-order valence-electron chi connectivity index (χ2n) is 13.3. The summed E-state index contributed by atoms with van der Waals surface area (Å²) in [5, 5.41) is 10.0. The fourth-order valence-electron chi connectivity index (χ4n) is 7.73. The maximum absolute atomic E-state index is 13.4. The van der Waals surface area contributed by atoms with Gasteiger partial charge in [-0.1, -0.05) is 48.9 Å². The second-order valence-corrected chi connectivity index (χ2v) is 15.8. The van der Waals surface area contributed by atoms with Gasteiger partial charge in [-0.25, -0.2) is 13.1 Å². The predicted octanol–water partition coefficient (Wildman–Crippen LogP) is 5.73. The first-order valence-electron chi connectivity index (χ1n) is 15.9. The molecule has 45 heavy (non-hydrogen) atoms. The number of amides is 1. The molecular weight excluding hydrogens is 612 g/mol. The van der Waals surface area contributed by atoms with Crippen molar-refractivity contribution in [3.63, 3.8) is 0 Å². The van der Waals surface area contributed by atoms with Gasteiger partial charge in [-0.05, 0) is 91.8 Å². The van der Waals surface area contributed by atoms with Crippen molar-refractivity contribution < 1.29 is 27.8 Å². The van der Waals surface area contributed by atoms with E-state index in [2.05, 4.69) is 27.8 Å². The van der Waals surface area contributed by atoms with Crippen molar-refractivity contribution in [2.24, 2.45) is 17.8 Å². The monoisotopic (exact) mass is 654 g/mol. The number of allylic oxidation sites excluding steroid dienone is 2. The van der Waals surface area contributed by atoms with Crippen molar-refractivity contribution in [1.82, 2.24) is 4.72 Å². The van der Waals surface area contributed by atoms with E-state index in [-0.39, 0.29) is 35.3 Å². The number of hydrogen-bond acceptors (Lipinski definition) is 7. The highest BCUT2D eigenvalue weighted by Crippen LogP contribution is 2.49. The number of hydrogen-bond donors (Lipinski definition) is 2. The zero-order valence-electron chi connectivity index (χ0n) is 26.2. The molecule has 2 bridgehead atoms. The van der Waals surface area contributed by atoms with Crippen LogP contribution in [0, 0.1) is 17.8 Å². The van der Waals surface area contributed by atoms with E-state index in [0.29, 0.717) is 43.3 Å². The zero-order chi connectivity index (χ0) is 32.0. The summed E-state index contributed by atoms with van der Waals surface area (Å²) in [6.45, 7) is 5.24. The lowest BCUT2D eigenvalue weighted by molar-refractivity contribution is -0.0863. The van der Waals surface area contributed by atoms with Crippen LogP contribution in [0.1, 0.15) is 67.4 Å². The first-order chi connectivity index (χ1) is 21.5. The van der Waals surface area contributed by atoms with Crippen LogP contribution in [-0.4, -0.2) is 63.7 Å². The number of sulfonamides is 1. The number of carbonyl (C=O) groups excluding carboxylic acids is 1. The lowest BCUT2D eigenvalue weighted by atomic mass is 9.63. The highest BCUT2D eigenvalue weighted by atomic mass is 35.5. The van der Waals surface area contributed by atoms with Gasteiger partial charge < -0.3 is 19.5 Å². The Kier molecular flexibility index (Phi) is 8.84. The molecule has 2 aromatic carbocycles. The van der Waals surface area contributed by atoms with Crippen LogP contribution < -0.4 is 14.4 Å². The third-order valence-corrected chi connectivity index (χ3v) is 12.9. The van der Waals surface area contributed by atoms with Crippen LogP contribution in [0.15, 0.2) is 54.6 Å². The van der Waals surface area contributed by atoms with Gasteiger partial charge in [-0.3, -0.25) is 4.79 Å². The molecule has 10 heteroatoms. The Hall–Kier alpha value is -2.85. The smallest absolute Gasteiger partial charge is 0.264 e. The average molecular weight is 655 g/mol. The van der Waals surface area contributed by atoms with Crippen molar-refractivity contribution in [3.8, 4) is 5.75 Å². The molecule has 8 nitrogen and oxygen atoms in total. The lowest BCUT2D eigenvalue weighted by Crippen LogP contribution is -2.53. The number of methoxy groups -OCH3 is 1. The van der Waals surface area contributed by atoms with Gasteiger partial charge >= 0.3 is 0 Å². The Morgan fingerprint density at radius 3 is 2.71 bits per heavy atom. The van der Waals surface area contributed by atoms with E-state index >= 15 is 0 Å². The molecule has 0 unspecified atom stereocenters. The molecule has 2 aromatic rings. The summed E-state index contributed by atoms with van der Waals surface area (Å²) in [7, 11) is -2.26. The minimum atomic E-state index is -3.96. The number of nitrogens with one attached hydrogen (secondary N) is 1. The minimum Gasteiger partial charge on any atom is -0.490 e. The Balaban J connectivity index is 1.46. The molecule has 1 spiro atoms. The second kappa shape index (κ2) is 12.4. The highest BCUT2D eigenvalue weighted by Gasteiger charge is 2.48. The topological polar surface area (TPSA) is 105 Å². The molecule has 2 aliphatic heterocycles. The summed E-state index contributed by atoms with van der Waals surface area (Å²) >= 11 is 6.39. The molecule has 6 rings (SSSR count). The van der Waals surface area contributed by atoms with E-state index in [1.54, 1.807) is 32.2 Å². The number of fused-ring (bicyclic) bond motifs is 4. The summed E-state index contributed by atoms with van der Waals surface area (Å²) < 4.78 is 41.8. The number of benzene rings is 2. The zero-order valence-corrected chi connectivity index (χ0v) is 27.7. The molecule has 2 aliphatic carbocycles. The van der Waals surface area contributed by atoms with Crippen molar-refractivity contribution in [2.75, 3.05) is 38.3 Å². The summed E-state index contributed by atoms with van der Waals surface area (Å²) in [5.74, 6) is 0.165. The van der Waals surface area contributed by atoms with Crippen LogP contribution in [0.2, 0.25) is 5.02 Å². The molecule has 0 saturated heterocycles. The molecule has 6 atom stereocenters. The van der Waals surface area contributed by atoms with Gasteiger partial charge in [-0.15, -0.1) is 0 Å². The molecule has 1 amide bonds. The van der Waals surface area contributed by atoms with Crippen LogP contribution in [0.25, 0.3) is 6.08 Å². The predicted molar refractivity (Wildman–Crippen MR) is 177 cm³/mol. The minimum absolute atomic E-state index is 0.0215. The fourth-order valence-corrected chi connectivity index (χ4v) is 9.19. The molecule has 242 valence electrons. The van der Waals surface area contributed by atoms with E-state index in [9.17, 15) is 18.3 Å².